The van der Waals surface area contributed by atoms with Gasteiger partial charge in [0.15, 0.2) is 5.03 Å². The van der Waals surface area contributed by atoms with Crippen LogP contribution in [0, 0.1) is 0 Å². The fourth-order valence-corrected chi connectivity index (χ4v) is 3.21. The highest BCUT2D eigenvalue weighted by atomic mass is 35.7. The Kier molecular flexibility index (Phi) is 5.29. The molecule has 0 radical (unpaired) electrons. The number of imidazole rings is 1. The molecule has 0 spiro atoms. The van der Waals surface area contributed by atoms with Crippen molar-refractivity contribution in [3.05, 3.63) is 12.0 Å². The summed E-state index contributed by atoms with van der Waals surface area (Å²) in [5.74, 6) is 0.828. The van der Waals surface area contributed by atoms with Crippen LogP contribution in [-0.4, -0.2) is 55.2 Å². The zero-order valence-electron chi connectivity index (χ0n) is 12.6. The van der Waals surface area contributed by atoms with E-state index in [0.29, 0.717) is 19.0 Å². The molecule has 1 fully saturated rings. The predicted octanol–water partition coefficient (Wildman–Crippen LogP) is 1.65. The number of aromatic nitrogens is 2. The second-order valence-electron chi connectivity index (χ2n) is 5.57. The van der Waals surface area contributed by atoms with Gasteiger partial charge in [-0.3, -0.25) is 4.90 Å². The Morgan fingerprint density at radius 1 is 1.52 bits per heavy atom. The third-order valence-corrected chi connectivity index (χ3v) is 4.79. The molecular formula is C13H22ClN3O3S. The molecule has 6 nitrogen and oxygen atoms in total. The van der Waals surface area contributed by atoms with Crippen LogP contribution in [0.3, 0.4) is 0 Å². The summed E-state index contributed by atoms with van der Waals surface area (Å²) in [5, 5.41) is -0.0870. The number of hydrogen-bond acceptors (Lipinski definition) is 5. The van der Waals surface area contributed by atoms with E-state index in [4.69, 9.17) is 15.4 Å². The van der Waals surface area contributed by atoms with E-state index in [1.807, 2.05) is 18.4 Å². The first-order chi connectivity index (χ1) is 9.81. The molecule has 21 heavy (non-hydrogen) atoms. The number of rotatable bonds is 5. The van der Waals surface area contributed by atoms with Gasteiger partial charge in [-0.2, -0.15) is 0 Å². The second kappa shape index (κ2) is 6.64. The quantitative estimate of drug-likeness (QED) is 0.766. The van der Waals surface area contributed by atoms with Gasteiger partial charge >= 0.3 is 0 Å². The lowest BCUT2D eigenvalue weighted by Crippen LogP contribution is -2.44. The van der Waals surface area contributed by atoms with E-state index in [1.54, 1.807) is 0 Å². The van der Waals surface area contributed by atoms with Crippen molar-refractivity contribution in [1.82, 2.24) is 14.5 Å². The van der Waals surface area contributed by atoms with Crippen LogP contribution >= 0.6 is 10.7 Å². The summed E-state index contributed by atoms with van der Waals surface area (Å²) in [6, 6.07) is 0. The number of halogens is 1. The Hall–Kier alpha value is -0.630. The van der Waals surface area contributed by atoms with E-state index in [-0.39, 0.29) is 17.0 Å². The molecule has 0 aliphatic carbocycles. The molecule has 1 aromatic heterocycles. The Labute approximate surface area is 130 Å². The van der Waals surface area contributed by atoms with E-state index in [1.165, 1.54) is 6.20 Å². The molecule has 8 heteroatoms. The van der Waals surface area contributed by atoms with E-state index in [2.05, 4.69) is 16.8 Å². The van der Waals surface area contributed by atoms with Crippen LogP contribution in [0.2, 0.25) is 0 Å². The predicted molar refractivity (Wildman–Crippen MR) is 81.2 cm³/mol. The summed E-state index contributed by atoms with van der Waals surface area (Å²) in [6.45, 7) is 10.1. The molecule has 1 aliphatic rings. The molecular weight excluding hydrogens is 314 g/mol. The number of hydrogen-bond donors (Lipinski definition) is 0. The molecule has 0 amide bonds. The van der Waals surface area contributed by atoms with Gasteiger partial charge in [0, 0.05) is 35.9 Å². The Balaban J connectivity index is 2.20. The van der Waals surface area contributed by atoms with E-state index < -0.39 is 9.05 Å². The Bertz CT molecular complexity index is 585. The van der Waals surface area contributed by atoms with Gasteiger partial charge in [0.25, 0.3) is 9.05 Å². The standard InChI is InChI=1S/C13H22ClN3O3S/c1-4-16-5-6-20-11(7-16)8-17-9-12(21(14,18)19)15-13(17)10(2)3/h9-11H,4-8H2,1-3H3. The van der Waals surface area contributed by atoms with Gasteiger partial charge in [-0.25, -0.2) is 13.4 Å². The van der Waals surface area contributed by atoms with Crippen molar-refractivity contribution in [1.29, 1.82) is 0 Å². The molecule has 0 aromatic carbocycles. The molecule has 0 bridgehead atoms. The lowest BCUT2D eigenvalue weighted by Gasteiger charge is -2.32. The molecule has 1 aromatic rings. The first-order valence-electron chi connectivity index (χ1n) is 7.17. The average molecular weight is 336 g/mol. The minimum Gasteiger partial charge on any atom is -0.374 e. The van der Waals surface area contributed by atoms with Crippen molar-refractivity contribution < 1.29 is 13.2 Å². The first kappa shape index (κ1) is 16.7. The maximum absolute atomic E-state index is 11.5. The van der Waals surface area contributed by atoms with Crippen LogP contribution in [0.4, 0.5) is 0 Å². The SMILES string of the molecule is CCN1CCOC(Cn2cc(S(=O)(=O)Cl)nc2C(C)C)C1. The summed E-state index contributed by atoms with van der Waals surface area (Å²) < 4.78 is 30.5. The molecule has 1 unspecified atom stereocenters. The fraction of sp³-hybridized carbons (Fsp3) is 0.769. The maximum atomic E-state index is 11.5. The number of morpholine rings is 1. The molecule has 120 valence electrons. The molecule has 1 saturated heterocycles. The summed E-state index contributed by atoms with van der Waals surface area (Å²) in [6.07, 6.45) is 1.54. The monoisotopic (exact) mass is 335 g/mol. The maximum Gasteiger partial charge on any atom is 0.280 e. The van der Waals surface area contributed by atoms with Crippen LogP contribution in [0.15, 0.2) is 11.2 Å². The van der Waals surface area contributed by atoms with Gasteiger partial charge in [0.1, 0.15) is 5.82 Å². The van der Waals surface area contributed by atoms with Gasteiger partial charge < -0.3 is 9.30 Å². The molecule has 0 N–H and O–H groups in total. The van der Waals surface area contributed by atoms with Crippen LogP contribution in [-0.2, 0) is 20.3 Å². The summed E-state index contributed by atoms with van der Waals surface area (Å²) in [7, 11) is 1.59. The lowest BCUT2D eigenvalue weighted by molar-refractivity contribution is -0.0347. The fourth-order valence-electron chi connectivity index (χ4n) is 2.53. The Morgan fingerprint density at radius 2 is 2.24 bits per heavy atom. The summed E-state index contributed by atoms with van der Waals surface area (Å²) >= 11 is 0. The van der Waals surface area contributed by atoms with E-state index >= 15 is 0 Å². The molecule has 2 rings (SSSR count). The van der Waals surface area contributed by atoms with Crippen LogP contribution in [0.1, 0.15) is 32.5 Å². The van der Waals surface area contributed by atoms with E-state index in [9.17, 15) is 8.42 Å². The normalized spacial score (nSPS) is 21.1. The smallest absolute Gasteiger partial charge is 0.280 e. The zero-order valence-corrected chi connectivity index (χ0v) is 14.2. The van der Waals surface area contributed by atoms with Crippen molar-refractivity contribution in [3.63, 3.8) is 0 Å². The van der Waals surface area contributed by atoms with Crippen LogP contribution in [0.5, 0.6) is 0 Å². The van der Waals surface area contributed by atoms with Crippen molar-refractivity contribution in [3.8, 4) is 0 Å². The number of likely N-dealkylation sites (N-methyl/N-ethyl adjacent to an activating group) is 1. The minimum atomic E-state index is -3.81. The zero-order chi connectivity index (χ0) is 15.6. The molecule has 0 saturated carbocycles. The largest absolute Gasteiger partial charge is 0.374 e. The van der Waals surface area contributed by atoms with Crippen molar-refractivity contribution in [2.45, 2.75) is 44.4 Å². The molecule has 2 heterocycles. The summed E-state index contributed by atoms with van der Waals surface area (Å²) in [4.78, 5) is 6.48. The van der Waals surface area contributed by atoms with Crippen LogP contribution in [0.25, 0.3) is 0 Å². The number of nitrogens with zero attached hydrogens (tertiary/aromatic N) is 3. The van der Waals surface area contributed by atoms with Gasteiger partial charge in [-0.1, -0.05) is 20.8 Å². The number of ether oxygens (including phenoxy) is 1. The van der Waals surface area contributed by atoms with Gasteiger partial charge in [-0.15, -0.1) is 0 Å². The third kappa shape index (κ3) is 4.18. The van der Waals surface area contributed by atoms with Crippen molar-refractivity contribution in [2.24, 2.45) is 0 Å². The third-order valence-electron chi connectivity index (χ3n) is 3.62. The first-order valence-corrected chi connectivity index (χ1v) is 9.48. The molecule has 1 atom stereocenters. The van der Waals surface area contributed by atoms with Gasteiger partial charge in [0.2, 0.25) is 0 Å². The highest BCUT2D eigenvalue weighted by molar-refractivity contribution is 8.13. The second-order valence-corrected chi connectivity index (χ2v) is 8.08. The average Bonchev–Trinajstić information content (AvgIpc) is 2.83. The highest BCUT2D eigenvalue weighted by Crippen LogP contribution is 2.21. The van der Waals surface area contributed by atoms with Crippen molar-refractivity contribution >= 4 is 19.7 Å². The minimum absolute atomic E-state index is 0.0382. The topological polar surface area (TPSA) is 64.4 Å². The summed E-state index contributed by atoms with van der Waals surface area (Å²) in [5.41, 5.74) is 0. The van der Waals surface area contributed by atoms with Gasteiger partial charge in [0.05, 0.1) is 19.3 Å². The van der Waals surface area contributed by atoms with Crippen LogP contribution < -0.4 is 0 Å². The van der Waals surface area contributed by atoms with E-state index in [0.717, 1.165) is 19.6 Å². The molecule has 1 aliphatic heterocycles. The lowest BCUT2D eigenvalue weighted by atomic mass is 10.2. The Morgan fingerprint density at radius 3 is 2.81 bits per heavy atom. The van der Waals surface area contributed by atoms with Gasteiger partial charge in [-0.05, 0) is 6.54 Å². The highest BCUT2D eigenvalue weighted by Gasteiger charge is 2.24. The van der Waals surface area contributed by atoms with Crippen molar-refractivity contribution in [2.75, 3.05) is 26.2 Å².